The predicted octanol–water partition coefficient (Wildman–Crippen LogP) is 4.59. The first-order chi connectivity index (χ1) is 7.66. The summed E-state index contributed by atoms with van der Waals surface area (Å²) >= 11 is 4.32. The standard InChI is InChI=1S/C14H20S2/c1-14(2)10-11-15-13(16-14)9-8-12-6-4-3-5-7-12/h3-7,13H,8-11H2,1-2H3/t13-/m0/s1. The van der Waals surface area contributed by atoms with Gasteiger partial charge in [0, 0.05) is 4.75 Å². The molecule has 1 heterocycles. The van der Waals surface area contributed by atoms with Gasteiger partial charge in [0.25, 0.3) is 0 Å². The average Bonchev–Trinajstić information content (AvgIpc) is 2.27. The molecule has 1 aliphatic heterocycles. The molecule has 0 nitrogen and oxygen atoms in total. The zero-order valence-electron chi connectivity index (χ0n) is 10.1. The van der Waals surface area contributed by atoms with Crippen molar-refractivity contribution in [1.29, 1.82) is 0 Å². The van der Waals surface area contributed by atoms with Gasteiger partial charge < -0.3 is 0 Å². The van der Waals surface area contributed by atoms with E-state index in [0.717, 1.165) is 4.58 Å². The molecule has 16 heavy (non-hydrogen) atoms. The van der Waals surface area contributed by atoms with E-state index in [1.165, 1.54) is 30.6 Å². The van der Waals surface area contributed by atoms with Crippen LogP contribution in [0.5, 0.6) is 0 Å². The first kappa shape index (κ1) is 12.4. The largest absolute Gasteiger partial charge is 0.148 e. The molecular formula is C14H20S2. The van der Waals surface area contributed by atoms with Crippen LogP contribution in [0, 0.1) is 0 Å². The van der Waals surface area contributed by atoms with Crippen LogP contribution >= 0.6 is 23.5 Å². The van der Waals surface area contributed by atoms with Gasteiger partial charge >= 0.3 is 0 Å². The van der Waals surface area contributed by atoms with E-state index in [1.807, 2.05) is 0 Å². The molecule has 88 valence electrons. The van der Waals surface area contributed by atoms with Crippen LogP contribution in [0.2, 0.25) is 0 Å². The fourth-order valence-electron chi connectivity index (χ4n) is 1.96. The molecule has 1 aromatic rings. The van der Waals surface area contributed by atoms with Gasteiger partial charge in [0.1, 0.15) is 0 Å². The average molecular weight is 252 g/mol. The van der Waals surface area contributed by atoms with E-state index in [2.05, 4.69) is 67.7 Å². The molecule has 1 atom stereocenters. The molecule has 0 amide bonds. The lowest BCUT2D eigenvalue weighted by atomic mass is 10.1. The Kier molecular flexibility index (Phi) is 4.26. The van der Waals surface area contributed by atoms with Crippen molar-refractivity contribution >= 4 is 23.5 Å². The van der Waals surface area contributed by atoms with Crippen LogP contribution in [0.1, 0.15) is 32.3 Å². The number of hydrogen-bond donors (Lipinski definition) is 0. The van der Waals surface area contributed by atoms with Gasteiger partial charge in [-0.1, -0.05) is 44.2 Å². The van der Waals surface area contributed by atoms with Gasteiger partial charge in [-0.2, -0.15) is 0 Å². The normalized spacial score (nSPS) is 24.2. The van der Waals surface area contributed by atoms with Crippen LogP contribution in [-0.2, 0) is 6.42 Å². The maximum absolute atomic E-state index is 2.38. The second-order valence-corrected chi connectivity index (χ2v) is 8.47. The molecule has 0 spiro atoms. The highest BCUT2D eigenvalue weighted by Crippen LogP contribution is 2.44. The lowest BCUT2D eigenvalue weighted by Crippen LogP contribution is -2.24. The van der Waals surface area contributed by atoms with Gasteiger partial charge in [0.15, 0.2) is 0 Å². The Balaban J connectivity index is 1.82. The van der Waals surface area contributed by atoms with Crippen molar-refractivity contribution < 1.29 is 0 Å². The highest BCUT2D eigenvalue weighted by atomic mass is 32.2. The van der Waals surface area contributed by atoms with Gasteiger partial charge in [-0.25, -0.2) is 0 Å². The van der Waals surface area contributed by atoms with Gasteiger partial charge in [0.2, 0.25) is 0 Å². The van der Waals surface area contributed by atoms with Crippen molar-refractivity contribution in [3.63, 3.8) is 0 Å². The molecule has 0 saturated carbocycles. The molecule has 0 aliphatic carbocycles. The summed E-state index contributed by atoms with van der Waals surface area (Å²) in [4.78, 5) is 0. The second kappa shape index (κ2) is 5.50. The van der Waals surface area contributed by atoms with Gasteiger partial charge in [-0.15, -0.1) is 23.5 Å². The number of thioether (sulfide) groups is 2. The zero-order chi connectivity index (χ0) is 11.4. The summed E-state index contributed by atoms with van der Waals surface area (Å²) in [6.45, 7) is 4.76. The number of benzene rings is 1. The molecule has 1 saturated heterocycles. The molecule has 1 aromatic carbocycles. The van der Waals surface area contributed by atoms with E-state index in [4.69, 9.17) is 0 Å². The smallest absolute Gasteiger partial charge is 0.0511 e. The zero-order valence-corrected chi connectivity index (χ0v) is 11.7. The Bertz CT molecular complexity index is 319. The molecule has 0 radical (unpaired) electrons. The molecule has 0 N–H and O–H groups in total. The van der Waals surface area contributed by atoms with Gasteiger partial charge in [-0.05, 0) is 30.6 Å². The Morgan fingerprint density at radius 3 is 2.69 bits per heavy atom. The van der Waals surface area contributed by atoms with Crippen molar-refractivity contribution in [2.24, 2.45) is 0 Å². The van der Waals surface area contributed by atoms with Crippen LogP contribution < -0.4 is 0 Å². The first-order valence-electron chi connectivity index (χ1n) is 5.99. The third kappa shape index (κ3) is 3.74. The monoisotopic (exact) mass is 252 g/mol. The highest BCUT2D eigenvalue weighted by Gasteiger charge is 2.28. The first-order valence-corrected chi connectivity index (χ1v) is 7.92. The van der Waals surface area contributed by atoms with Crippen LogP contribution in [-0.4, -0.2) is 15.1 Å². The van der Waals surface area contributed by atoms with Crippen molar-refractivity contribution in [2.45, 2.75) is 42.4 Å². The Morgan fingerprint density at radius 2 is 2.00 bits per heavy atom. The fraction of sp³-hybridized carbons (Fsp3) is 0.571. The summed E-state index contributed by atoms with van der Waals surface area (Å²) in [5, 5.41) is 0. The van der Waals surface area contributed by atoms with Crippen molar-refractivity contribution in [3.8, 4) is 0 Å². The van der Waals surface area contributed by atoms with Gasteiger partial charge in [0.05, 0.1) is 4.58 Å². The van der Waals surface area contributed by atoms with Crippen LogP contribution in [0.4, 0.5) is 0 Å². The minimum absolute atomic E-state index is 0.493. The van der Waals surface area contributed by atoms with E-state index in [-0.39, 0.29) is 0 Å². The summed E-state index contributed by atoms with van der Waals surface area (Å²) in [5.74, 6) is 1.33. The third-order valence-corrected chi connectivity index (χ3v) is 6.05. The van der Waals surface area contributed by atoms with Crippen molar-refractivity contribution in [1.82, 2.24) is 0 Å². The molecule has 0 bridgehead atoms. The minimum atomic E-state index is 0.493. The lowest BCUT2D eigenvalue weighted by molar-refractivity contribution is 0.679. The summed E-state index contributed by atoms with van der Waals surface area (Å²) in [7, 11) is 0. The number of rotatable bonds is 3. The maximum Gasteiger partial charge on any atom is 0.0511 e. The van der Waals surface area contributed by atoms with Crippen LogP contribution in [0.15, 0.2) is 30.3 Å². The van der Waals surface area contributed by atoms with E-state index in [0.29, 0.717) is 4.75 Å². The minimum Gasteiger partial charge on any atom is -0.148 e. The van der Waals surface area contributed by atoms with E-state index >= 15 is 0 Å². The highest BCUT2D eigenvalue weighted by molar-refractivity contribution is 8.18. The van der Waals surface area contributed by atoms with E-state index in [1.54, 1.807) is 0 Å². The van der Waals surface area contributed by atoms with Crippen LogP contribution in [0.25, 0.3) is 0 Å². The topological polar surface area (TPSA) is 0 Å². The van der Waals surface area contributed by atoms with Crippen molar-refractivity contribution in [3.05, 3.63) is 35.9 Å². The Morgan fingerprint density at radius 1 is 1.25 bits per heavy atom. The lowest BCUT2D eigenvalue weighted by Gasteiger charge is -2.34. The Labute approximate surface area is 108 Å². The SMILES string of the molecule is CC1(C)CCS[C@H](CCc2ccccc2)S1. The quantitative estimate of drug-likeness (QED) is 0.771. The molecule has 0 aromatic heterocycles. The van der Waals surface area contributed by atoms with E-state index in [9.17, 15) is 0 Å². The number of aryl methyl sites for hydroxylation is 1. The maximum atomic E-state index is 2.38. The summed E-state index contributed by atoms with van der Waals surface area (Å²) < 4.78 is 1.29. The molecule has 1 aliphatic rings. The summed E-state index contributed by atoms with van der Waals surface area (Å²) in [5.41, 5.74) is 1.48. The number of hydrogen-bond acceptors (Lipinski definition) is 2. The van der Waals surface area contributed by atoms with Crippen molar-refractivity contribution in [2.75, 3.05) is 5.75 Å². The molecule has 2 rings (SSSR count). The molecule has 0 unspecified atom stereocenters. The molecule has 1 fully saturated rings. The summed E-state index contributed by atoms with van der Waals surface area (Å²) in [6.07, 6.45) is 3.88. The molecular weight excluding hydrogens is 232 g/mol. The predicted molar refractivity (Wildman–Crippen MR) is 77.3 cm³/mol. The second-order valence-electron chi connectivity index (χ2n) is 4.95. The Hall–Kier alpha value is -0.0800. The van der Waals surface area contributed by atoms with Crippen LogP contribution in [0.3, 0.4) is 0 Å². The summed E-state index contributed by atoms with van der Waals surface area (Å²) in [6, 6.07) is 10.9. The third-order valence-electron chi connectivity index (χ3n) is 2.97. The molecule has 2 heteroatoms. The fourth-order valence-corrected chi connectivity index (χ4v) is 5.77. The van der Waals surface area contributed by atoms with E-state index < -0.39 is 0 Å². The van der Waals surface area contributed by atoms with Gasteiger partial charge in [-0.3, -0.25) is 0 Å².